The van der Waals surface area contributed by atoms with Crippen LogP contribution in [0.15, 0.2) is 12.3 Å². The largest absolute Gasteiger partial charge is 0.380 e. The van der Waals surface area contributed by atoms with Gasteiger partial charge in [0.05, 0.1) is 17.7 Å². The molecule has 0 radical (unpaired) electrons. The third-order valence-corrected chi connectivity index (χ3v) is 4.03. The highest BCUT2D eigenvalue weighted by Gasteiger charge is 2.37. The van der Waals surface area contributed by atoms with Crippen molar-refractivity contribution in [1.29, 1.82) is 5.26 Å². The van der Waals surface area contributed by atoms with Crippen molar-refractivity contribution >= 4 is 5.82 Å². The number of methoxy groups -OCH3 is 1. The van der Waals surface area contributed by atoms with E-state index in [9.17, 15) is 5.26 Å². The first-order valence-corrected chi connectivity index (χ1v) is 7.18. The average molecular weight is 298 g/mol. The highest BCUT2D eigenvalue weighted by molar-refractivity contribution is 5.58. The zero-order chi connectivity index (χ0) is 15.7. The van der Waals surface area contributed by atoms with E-state index in [-0.39, 0.29) is 12.1 Å². The van der Waals surface area contributed by atoms with Crippen molar-refractivity contribution in [2.45, 2.75) is 32.4 Å². The van der Waals surface area contributed by atoms with E-state index in [2.05, 4.69) is 31.1 Å². The predicted molar refractivity (Wildman–Crippen MR) is 80.3 cm³/mol. The third-order valence-electron chi connectivity index (χ3n) is 4.03. The van der Waals surface area contributed by atoms with Crippen LogP contribution in [0.25, 0.3) is 0 Å². The molecular weight excluding hydrogens is 280 g/mol. The van der Waals surface area contributed by atoms with Gasteiger partial charge in [-0.05, 0) is 25.5 Å². The van der Waals surface area contributed by atoms with Gasteiger partial charge in [-0.3, -0.25) is 5.10 Å². The fourth-order valence-electron chi connectivity index (χ4n) is 2.86. The Morgan fingerprint density at radius 2 is 2.27 bits per heavy atom. The lowest BCUT2D eigenvalue weighted by molar-refractivity contribution is 0.118. The van der Waals surface area contributed by atoms with E-state index in [4.69, 9.17) is 4.74 Å². The van der Waals surface area contributed by atoms with Gasteiger partial charge in [0.1, 0.15) is 17.7 Å². The van der Waals surface area contributed by atoms with Gasteiger partial charge >= 0.3 is 0 Å². The molecule has 2 atom stereocenters. The zero-order valence-electron chi connectivity index (χ0n) is 12.9. The molecule has 2 aromatic heterocycles. The number of hydrogen-bond donors (Lipinski definition) is 1. The summed E-state index contributed by atoms with van der Waals surface area (Å²) in [7, 11) is 1.70. The van der Waals surface area contributed by atoms with Crippen LogP contribution in [0.5, 0.6) is 0 Å². The van der Waals surface area contributed by atoms with Crippen LogP contribution in [-0.4, -0.2) is 39.9 Å². The van der Waals surface area contributed by atoms with Crippen molar-refractivity contribution in [3.05, 3.63) is 35.0 Å². The molecule has 1 N–H and O–H groups in total. The number of hydrogen-bond acceptors (Lipinski definition) is 6. The summed E-state index contributed by atoms with van der Waals surface area (Å²) in [4.78, 5) is 10.9. The summed E-state index contributed by atoms with van der Waals surface area (Å²) in [5, 5.41) is 16.6. The minimum Gasteiger partial charge on any atom is -0.380 e. The molecule has 3 rings (SSSR count). The zero-order valence-corrected chi connectivity index (χ0v) is 12.9. The maximum Gasteiger partial charge on any atom is 0.173 e. The van der Waals surface area contributed by atoms with Gasteiger partial charge in [0.2, 0.25) is 0 Å². The molecule has 0 unspecified atom stereocenters. The Morgan fingerprint density at radius 3 is 2.91 bits per heavy atom. The number of anilines is 1. The van der Waals surface area contributed by atoms with Crippen LogP contribution < -0.4 is 4.90 Å². The molecule has 0 saturated carbocycles. The van der Waals surface area contributed by atoms with Gasteiger partial charge in [-0.1, -0.05) is 0 Å². The molecule has 3 heterocycles. The van der Waals surface area contributed by atoms with Crippen LogP contribution in [-0.2, 0) is 4.74 Å². The minimum atomic E-state index is -0.0451. The minimum absolute atomic E-state index is 0.0451. The lowest BCUT2D eigenvalue weighted by Crippen LogP contribution is -2.27. The second-order valence-corrected chi connectivity index (χ2v) is 5.48. The maximum absolute atomic E-state index is 9.46. The number of rotatable bonds is 3. The van der Waals surface area contributed by atoms with Crippen LogP contribution in [0.2, 0.25) is 0 Å². The average Bonchev–Trinajstić information content (AvgIpc) is 3.12. The molecule has 1 aliphatic rings. The molecule has 0 spiro atoms. The van der Waals surface area contributed by atoms with Gasteiger partial charge in [-0.2, -0.15) is 10.4 Å². The van der Waals surface area contributed by atoms with E-state index in [0.29, 0.717) is 23.8 Å². The Bertz CT molecular complexity index is 719. The molecule has 0 bridgehead atoms. The summed E-state index contributed by atoms with van der Waals surface area (Å²) in [6, 6.07) is 4.06. The Kier molecular flexibility index (Phi) is 3.77. The number of nitrogens with zero attached hydrogens (tertiary/aromatic N) is 5. The van der Waals surface area contributed by atoms with Crippen LogP contribution in [0, 0.1) is 25.2 Å². The smallest absolute Gasteiger partial charge is 0.173 e. The van der Waals surface area contributed by atoms with E-state index in [1.54, 1.807) is 13.3 Å². The summed E-state index contributed by atoms with van der Waals surface area (Å²) >= 11 is 0. The highest BCUT2D eigenvalue weighted by atomic mass is 16.5. The molecule has 22 heavy (non-hydrogen) atoms. The van der Waals surface area contributed by atoms with Gasteiger partial charge in [0, 0.05) is 26.3 Å². The molecule has 1 fully saturated rings. The quantitative estimate of drug-likeness (QED) is 0.926. The summed E-state index contributed by atoms with van der Waals surface area (Å²) in [5.74, 6) is 2.16. The number of H-pyrrole nitrogens is 1. The van der Waals surface area contributed by atoms with Crippen molar-refractivity contribution in [1.82, 2.24) is 20.2 Å². The first-order chi connectivity index (χ1) is 10.6. The molecule has 0 aliphatic carbocycles. The molecule has 114 valence electrons. The van der Waals surface area contributed by atoms with Gasteiger partial charge in [-0.15, -0.1) is 0 Å². The van der Waals surface area contributed by atoms with Gasteiger partial charge in [0.15, 0.2) is 5.82 Å². The Labute approximate surface area is 129 Å². The SMILES string of the molecule is CO[C@@H]1C[C@@H](c2n[nH]c(C)n2)N(c2nccc(C)c2C#N)C1. The molecular formula is C15H18N6O. The van der Waals surface area contributed by atoms with Crippen LogP contribution in [0.3, 0.4) is 0 Å². The molecule has 1 saturated heterocycles. The summed E-state index contributed by atoms with van der Waals surface area (Å²) in [6.45, 7) is 4.45. The molecule has 0 aromatic carbocycles. The van der Waals surface area contributed by atoms with E-state index in [0.717, 1.165) is 17.8 Å². The first-order valence-electron chi connectivity index (χ1n) is 7.18. The van der Waals surface area contributed by atoms with Gasteiger partial charge in [0.25, 0.3) is 0 Å². The second-order valence-electron chi connectivity index (χ2n) is 5.48. The van der Waals surface area contributed by atoms with Gasteiger partial charge < -0.3 is 9.64 Å². The van der Waals surface area contributed by atoms with Gasteiger partial charge in [-0.25, -0.2) is 9.97 Å². The number of nitriles is 1. The number of aromatic amines is 1. The molecule has 7 heteroatoms. The summed E-state index contributed by atoms with van der Waals surface area (Å²) in [6.07, 6.45) is 2.57. The van der Waals surface area contributed by atoms with Crippen LogP contribution in [0.4, 0.5) is 5.82 Å². The monoisotopic (exact) mass is 298 g/mol. The second kappa shape index (κ2) is 5.73. The Balaban J connectivity index is 2.03. The predicted octanol–water partition coefficient (Wildman–Crippen LogP) is 1.65. The highest BCUT2D eigenvalue weighted by Crippen LogP contribution is 2.36. The Hall–Kier alpha value is -2.46. The molecule has 0 amide bonds. The van der Waals surface area contributed by atoms with E-state index in [1.807, 2.05) is 19.9 Å². The van der Waals surface area contributed by atoms with Crippen molar-refractivity contribution < 1.29 is 4.74 Å². The number of nitrogens with one attached hydrogen (secondary N) is 1. The fourth-order valence-corrected chi connectivity index (χ4v) is 2.86. The Morgan fingerprint density at radius 1 is 1.45 bits per heavy atom. The number of pyridine rings is 1. The normalized spacial score (nSPS) is 21.1. The van der Waals surface area contributed by atoms with E-state index in [1.165, 1.54) is 0 Å². The lowest BCUT2D eigenvalue weighted by Gasteiger charge is -2.24. The fraction of sp³-hybridized carbons (Fsp3) is 0.467. The van der Waals surface area contributed by atoms with E-state index < -0.39 is 0 Å². The molecule has 2 aromatic rings. The lowest BCUT2D eigenvalue weighted by atomic mass is 10.1. The first kappa shape index (κ1) is 14.5. The standard InChI is InChI=1S/C15H18N6O/c1-9-4-5-17-15(12(9)7-16)21-8-11(22-3)6-13(21)14-18-10(2)19-20-14/h4-5,11,13H,6,8H2,1-3H3,(H,18,19,20)/t11-,13+/m1/s1. The topological polar surface area (TPSA) is 90.7 Å². The summed E-state index contributed by atoms with van der Waals surface area (Å²) < 4.78 is 5.51. The van der Waals surface area contributed by atoms with Crippen LogP contribution >= 0.6 is 0 Å². The molecule has 1 aliphatic heterocycles. The number of ether oxygens (including phenoxy) is 1. The maximum atomic E-state index is 9.46. The van der Waals surface area contributed by atoms with E-state index >= 15 is 0 Å². The van der Waals surface area contributed by atoms with Crippen molar-refractivity contribution in [3.63, 3.8) is 0 Å². The van der Waals surface area contributed by atoms with Crippen molar-refractivity contribution in [2.24, 2.45) is 0 Å². The third kappa shape index (κ3) is 2.42. The molecule has 7 nitrogen and oxygen atoms in total. The van der Waals surface area contributed by atoms with Crippen molar-refractivity contribution in [3.8, 4) is 6.07 Å². The summed E-state index contributed by atoms with van der Waals surface area (Å²) in [5.41, 5.74) is 1.51. The van der Waals surface area contributed by atoms with Crippen LogP contribution in [0.1, 0.15) is 35.2 Å². The number of aryl methyl sites for hydroxylation is 2. The number of aromatic nitrogens is 4. The van der Waals surface area contributed by atoms with Crippen molar-refractivity contribution in [2.75, 3.05) is 18.6 Å².